The Morgan fingerprint density at radius 3 is 1.42 bits per heavy atom. The lowest BCUT2D eigenvalue weighted by atomic mass is 9.84. The molecule has 5 aromatic heterocycles. The third-order valence-electron chi connectivity index (χ3n) is 17.3. The molecule has 81 heavy (non-hydrogen) atoms. The lowest BCUT2D eigenvalue weighted by Crippen LogP contribution is -2.30. The highest BCUT2D eigenvalue weighted by Gasteiger charge is 2.26. The zero-order valence-electron chi connectivity index (χ0n) is 44.9. The van der Waals surface area contributed by atoms with Crippen molar-refractivity contribution in [3.63, 3.8) is 0 Å². The summed E-state index contributed by atoms with van der Waals surface area (Å²) in [6.07, 6.45) is 6.07. The topological polar surface area (TPSA) is 34.8 Å². The number of pyridine rings is 1. The Kier molecular flexibility index (Phi) is 9.62. The SMILES string of the molecule is CC(C)(C)c1ccnc2c1c1ccccc1c1ccccc1c1cccc3c4ccc(Oc5ccc6c7ccccc7c7ccccc7c7ccc8c9c7n([c-][n+]9-c7ccccc7-c7ccccc7-c7ccccc7-8)c6c5)cc4n2c13. The van der Waals surface area contributed by atoms with Crippen LogP contribution in [0.2, 0.25) is 0 Å². The van der Waals surface area contributed by atoms with E-state index in [-0.39, 0.29) is 5.41 Å². The summed E-state index contributed by atoms with van der Waals surface area (Å²) < 4.78 is 14.3. The molecule has 0 N–H and O–H groups in total. The van der Waals surface area contributed by atoms with Crippen LogP contribution in [-0.4, -0.2) is 13.8 Å². The minimum Gasteiger partial charge on any atom is -0.458 e. The number of para-hydroxylation sites is 2. The Labute approximate surface area is 466 Å². The van der Waals surface area contributed by atoms with Gasteiger partial charge in [-0.05, 0) is 135 Å². The number of hydrogen-bond donors (Lipinski definition) is 0. The van der Waals surface area contributed by atoms with E-state index in [1.54, 1.807) is 0 Å². The summed E-state index contributed by atoms with van der Waals surface area (Å²) in [6.45, 7) is 6.91. The highest BCUT2D eigenvalue weighted by atomic mass is 16.5. The van der Waals surface area contributed by atoms with Gasteiger partial charge in [0.05, 0.1) is 33.3 Å². The molecule has 0 fully saturated rings. The molecule has 0 radical (unpaired) electrons. The van der Waals surface area contributed by atoms with Crippen LogP contribution in [0.1, 0.15) is 26.3 Å². The molecule has 0 saturated carbocycles. The molecule has 6 heterocycles. The van der Waals surface area contributed by atoms with Crippen LogP contribution < -0.4 is 9.30 Å². The fourth-order valence-corrected chi connectivity index (χ4v) is 13.8. The highest BCUT2D eigenvalue weighted by molar-refractivity contribution is 6.26. The lowest BCUT2D eigenvalue weighted by molar-refractivity contribution is -0.571. The molecule has 16 aromatic rings. The van der Waals surface area contributed by atoms with Crippen molar-refractivity contribution < 1.29 is 9.30 Å². The average Bonchev–Trinajstić information content (AvgIpc) is 4.32. The fourth-order valence-electron chi connectivity index (χ4n) is 13.8. The predicted molar refractivity (Wildman–Crippen MR) is 337 cm³/mol. The Morgan fingerprint density at radius 1 is 0.383 bits per heavy atom. The molecule has 11 aromatic carbocycles. The maximum atomic E-state index is 7.29. The van der Waals surface area contributed by atoms with Crippen molar-refractivity contribution in [2.45, 2.75) is 26.2 Å². The number of benzene rings is 11. The minimum absolute atomic E-state index is 0.185. The number of imidazole rings is 1. The van der Waals surface area contributed by atoms with Gasteiger partial charge in [0.2, 0.25) is 0 Å². The Hall–Kier alpha value is -10.4. The van der Waals surface area contributed by atoms with Gasteiger partial charge in [-0.15, -0.1) is 0 Å². The normalized spacial score (nSPS) is 12.4. The zero-order valence-corrected chi connectivity index (χ0v) is 44.9. The maximum absolute atomic E-state index is 7.29. The molecular weight excluding hydrogens is 985 g/mol. The van der Waals surface area contributed by atoms with Crippen molar-refractivity contribution in [1.29, 1.82) is 0 Å². The van der Waals surface area contributed by atoms with Gasteiger partial charge < -0.3 is 4.74 Å². The molecule has 0 atom stereocenters. The standard InChI is InChI=1S/C76H50N4O/c1-76(2,3)67-41-42-77-75-71(67)62-31-15-14-26-55(62)52-23-8-11-27-56(52)63-32-18-33-64-61-38-36-47(44-70(61)80(75)72(63)64)81-46-35-37-60-54-25-10-5-20-49(54)51-22-7-13-29-58(51)66-40-39-65-57-28-12-6-21-50(57)48-19-4-9-24-53(48)59-30-16-17-34-68(59)78-45-79(69(60)43-46)74(66)73(65)78/h4-44H,1-3H3. The van der Waals surface area contributed by atoms with Gasteiger partial charge in [-0.25, -0.2) is 4.98 Å². The highest BCUT2D eigenvalue weighted by Crippen LogP contribution is 2.46. The largest absolute Gasteiger partial charge is 0.458 e. The molecular formula is C76H50N4O. The van der Waals surface area contributed by atoms with E-state index in [0.29, 0.717) is 5.75 Å². The lowest BCUT2D eigenvalue weighted by Gasteiger charge is -2.21. The summed E-state index contributed by atoms with van der Waals surface area (Å²) in [5.41, 5.74) is 15.2. The van der Waals surface area contributed by atoms with E-state index in [1.807, 2.05) is 6.20 Å². The number of hydrogen-bond acceptors (Lipinski definition) is 2. The van der Waals surface area contributed by atoms with Gasteiger partial charge in [0.15, 0.2) is 0 Å². The number of rotatable bonds is 2. The molecule has 17 rings (SSSR count). The van der Waals surface area contributed by atoms with E-state index < -0.39 is 0 Å². The quantitative estimate of drug-likeness (QED) is 0.128. The van der Waals surface area contributed by atoms with Gasteiger partial charge in [-0.3, -0.25) is 13.4 Å². The van der Waals surface area contributed by atoms with Crippen LogP contribution in [0.5, 0.6) is 11.5 Å². The third-order valence-corrected chi connectivity index (χ3v) is 17.3. The van der Waals surface area contributed by atoms with Crippen molar-refractivity contribution in [2.24, 2.45) is 0 Å². The smallest absolute Gasteiger partial charge is 0.269 e. The Morgan fingerprint density at radius 2 is 0.815 bits per heavy atom. The van der Waals surface area contributed by atoms with E-state index in [2.05, 4.69) is 283 Å². The summed E-state index contributed by atoms with van der Waals surface area (Å²) >= 11 is 0. The van der Waals surface area contributed by atoms with Crippen LogP contribution >= 0.6 is 0 Å². The van der Waals surface area contributed by atoms with E-state index in [9.17, 15) is 0 Å². The Bertz CT molecular complexity index is 5500. The van der Waals surface area contributed by atoms with Crippen LogP contribution in [0.3, 0.4) is 0 Å². The van der Waals surface area contributed by atoms with E-state index in [1.165, 1.54) is 54.7 Å². The molecule has 0 spiro atoms. The molecule has 0 saturated heterocycles. The molecule has 0 aliphatic carbocycles. The zero-order chi connectivity index (χ0) is 53.7. The van der Waals surface area contributed by atoms with Crippen molar-refractivity contribution in [3.8, 4) is 50.6 Å². The van der Waals surface area contributed by atoms with Crippen molar-refractivity contribution in [2.75, 3.05) is 0 Å². The summed E-state index contributed by atoms with van der Waals surface area (Å²) in [6, 6.07) is 88.7. The first-order chi connectivity index (χ1) is 39.9. The van der Waals surface area contributed by atoms with Gasteiger partial charge in [0, 0.05) is 33.8 Å². The molecule has 1 aliphatic rings. The van der Waals surface area contributed by atoms with Crippen LogP contribution in [-0.2, 0) is 5.41 Å². The van der Waals surface area contributed by atoms with Crippen molar-refractivity contribution in [1.82, 2.24) is 13.8 Å². The number of nitrogens with zero attached hydrogens (tertiary/aromatic N) is 4. The fraction of sp³-hybridized carbons (Fsp3) is 0.0526. The maximum Gasteiger partial charge on any atom is 0.269 e. The summed E-state index contributed by atoms with van der Waals surface area (Å²) in [7, 11) is 0. The van der Waals surface area contributed by atoms with Crippen LogP contribution in [0.15, 0.2) is 249 Å². The van der Waals surface area contributed by atoms with Crippen LogP contribution in [0.4, 0.5) is 0 Å². The first-order valence-electron chi connectivity index (χ1n) is 27.9. The second kappa shape index (κ2) is 17.1. The number of ether oxygens (including phenoxy) is 1. The molecule has 5 nitrogen and oxygen atoms in total. The van der Waals surface area contributed by atoms with Crippen molar-refractivity contribution in [3.05, 3.63) is 261 Å². The van der Waals surface area contributed by atoms with Gasteiger partial charge in [-0.1, -0.05) is 221 Å². The molecule has 0 bridgehead atoms. The first kappa shape index (κ1) is 45.6. The van der Waals surface area contributed by atoms with Gasteiger partial charge in [-0.2, -0.15) is 0 Å². The van der Waals surface area contributed by atoms with Gasteiger partial charge in [0.1, 0.15) is 17.1 Å². The van der Waals surface area contributed by atoms with Crippen LogP contribution in [0, 0.1) is 6.33 Å². The summed E-state index contributed by atoms with van der Waals surface area (Å²) in [4.78, 5) is 5.39. The van der Waals surface area contributed by atoms with Crippen molar-refractivity contribution >= 4 is 109 Å². The second-order valence-corrected chi connectivity index (χ2v) is 22.7. The van der Waals surface area contributed by atoms with E-state index in [4.69, 9.17) is 9.72 Å². The van der Waals surface area contributed by atoms with Gasteiger partial charge in [0.25, 0.3) is 6.33 Å². The molecule has 380 valence electrons. The molecule has 1 aliphatic heterocycles. The van der Waals surface area contributed by atoms with E-state index in [0.717, 1.165) is 104 Å². The summed E-state index contributed by atoms with van der Waals surface area (Å²) in [5, 5.41) is 16.1. The third kappa shape index (κ3) is 6.60. The number of fused-ring (bicyclic) bond motifs is 24. The summed E-state index contributed by atoms with van der Waals surface area (Å²) in [5.74, 6) is 1.43. The first-order valence-corrected chi connectivity index (χ1v) is 27.9. The average molecular weight is 1040 g/mol. The molecule has 0 amide bonds. The monoisotopic (exact) mass is 1030 g/mol. The van der Waals surface area contributed by atoms with Gasteiger partial charge >= 0.3 is 0 Å². The predicted octanol–water partition coefficient (Wildman–Crippen LogP) is 19.6. The van der Waals surface area contributed by atoms with E-state index >= 15 is 0 Å². The second-order valence-electron chi connectivity index (χ2n) is 22.7. The minimum atomic E-state index is -0.185. The van der Waals surface area contributed by atoms with Crippen LogP contribution in [0.25, 0.3) is 148 Å². The molecule has 5 heteroatoms. The molecule has 0 unspecified atom stereocenters. The number of aromatic nitrogens is 4. The Balaban J connectivity index is 0.989.